The summed E-state index contributed by atoms with van der Waals surface area (Å²) in [5, 5.41) is 12.2. The van der Waals surface area contributed by atoms with Crippen molar-refractivity contribution in [3.05, 3.63) is 30.3 Å². The minimum absolute atomic E-state index is 0.0854. The Kier molecular flexibility index (Phi) is 7.06. The molecule has 1 aliphatic rings. The van der Waals surface area contributed by atoms with Crippen LogP contribution >= 0.6 is 11.8 Å². The number of amides is 1. The number of benzene rings is 1. The van der Waals surface area contributed by atoms with Crippen molar-refractivity contribution in [1.29, 1.82) is 0 Å². The fraction of sp³-hybridized carbons (Fsp3) is 0.562. The SMILES string of the molecule is O=C(CN1CCCC(CO)C1)NCCSc1ccccc1. The van der Waals surface area contributed by atoms with Crippen molar-refractivity contribution < 1.29 is 9.90 Å². The van der Waals surface area contributed by atoms with E-state index < -0.39 is 0 Å². The zero-order valence-corrected chi connectivity index (χ0v) is 13.1. The van der Waals surface area contributed by atoms with Crippen LogP contribution in [0.3, 0.4) is 0 Å². The highest BCUT2D eigenvalue weighted by Crippen LogP contribution is 2.16. The lowest BCUT2D eigenvalue weighted by molar-refractivity contribution is -0.122. The van der Waals surface area contributed by atoms with Crippen molar-refractivity contribution in [1.82, 2.24) is 10.2 Å². The van der Waals surface area contributed by atoms with Crippen molar-refractivity contribution in [2.45, 2.75) is 17.7 Å². The molecule has 1 unspecified atom stereocenters. The van der Waals surface area contributed by atoms with Crippen LogP contribution < -0.4 is 5.32 Å². The molecule has 1 aromatic rings. The van der Waals surface area contributed by atoms with Gasteiger partial charge < -0.3 is 10.4 Å². The molecule has 2 rings (SSSR count). The Morgan fingerprint density at radius 3 is 2.95 bits per heavy atom. The lowest BCUT2D eigenvalue weighted by atomic mass is 9.99. The van der Waals surface area contributed by atoms with E-state index in [9.17, 15) is 9.90 Å². The van der Waals surface area contributed by atoms with Crippen LogP contribution in [0.25, 0.3) is 0 Å². The van der Waals surface area contributed by atoms with Gasteiger partial charge >= 0.3 is 0 Å². The van der Waals surface area contributed by atoms with Crippen molar-refractivity contribution >= 4 is 17.7 Å². The predicted molar refractivity (Wildman–Crippen MR) is 86.4 cm³/mol. The maximum Gasteiger partial charge on any atom is 0.234 e. The van der Waals surface area contributed by atoms with Gasteiger partial charge in [-0.15, -0.1) is 11.8 Å². The summed E-state index contributed by atoms with van der Waals surface area (Å²) in [6, 6.07) is 10.2. The molecule has 5 heteroatoms. The van der Waals surface area contributed by atoms with E-state index in [0.29, 0.717) is 19.0 Å². The fourth-order valence-electron chi connectivity index (χ4n) is 2.58. The molecule has 1 atom stereocenters. The van der Waals surface area contributed by atoms with E-state index in [0.717, 1.165) is 31.7 Å². The summed E-state index contributed by atoms with van der Waals surface area (Å²) in [5.41, 5.74) is 0. The minimum atomic E-state index is 0.0854. The third-order valence-electron chi connectivity index (χ3n) is 3.66. The monoisotopic (exact) mass is 308 g/mol. The summed E-state index contributed by atoms with van der Waals surface area (Å²) in [6.45, 7) is 3.17. The van der Waals surface area contributed by atoms with Crippen LogP contribution in [0.15, 0.2) is 35.2 Å². The van der Waals surface area contributed by atoms with Crippen LogP contribution in [0, 0.1) is 5.92 Å². The van der Waals surface area contributed by atoms with Gasteiger partial charge in [0.1, 0.15) is 0 Å². The number of thioether (sulfide) groups is 1. The number of rotatable bonds is 7. The Bertz CT molecular complexity index is 428. The summed E-state index contributed by atoms with van der Waals surface area (Å²) in [7, 11) is 0. The molecule has 116 valence electrons. The van der Waals surface area contributed by atoms with Gasteiger partial charge in [0, 0.05) is 30.3 Å². The standard InChI is InChI=1S/C16H24N2O2S/c19-13-14-5-4-9-18(11-14)12-16(20)17-8-10-21-15-6-2-1-3-7-15/h1-3,6-7,14,19H,4-5,8-13H2,(H,17,20). The molecule has 1 aliphatic heterocycles. The number of likely N-dealkylation sites (tertiary alicyclic amines) is 1. The van der Waals surface area contributed by atoms with Crippen LogP contribution in [-0.4, -0.2) is 54.5 Å². The van der Waals surface area contributed by atoms with E-state index in [1.165, 1.54) is 4.90 Å². The summed E-state index contributed by atoms with van der Waals surface area (Å²) in [6.07, 6.45) is 2.14. The van der Waals surface area contributed by atoms with Gasteiger partial charge in [-0.2, -0.15) is 0 Å². The Labute approximate surface area is 130 Å². The lowest BCUT2D eigenvalue weighted by Gasteiger charge is -2.31. The lowest BCUT2D eigenvalue weighted by Crippen LogP contribution is -2.43. The van der Waals surface area contributed by atoms with Crippen LogP contribution in [0.4, 0.5) is 0 Å². The second-order valence-corrected chi connectivity index (χ2v) is 6.61. The quantitative estimate of drug-likeness (QED) is 0.593. The Hall–Kier alpha value is -1.04. The molecular weight excluding hydrogens is 284 g/mol. The van der Waals surface area contributed by atoms with Crippen LogP contribution in [0.2, 0.25) is 0 Å². The molecule has 0 bridgehead atoms. The van der Waals surface area contributed by atoms with E-state index in [4.69, 9.17) is 0 Å². The molecule has 4 nitrogen and oxygen atoms in total. The Balaban J connectivity index is 1.59. The number of aliphatic hydroxyl groups is 1. The van der Waals surface area contributed by atoms with Crippen LogP contribution in [0.1, 0.15) is 12.8 Å². The third kappa shape index (κ3) is 6.08. The number of hydrogen-bond acceptors (Lipinski definition) is 4. The van der Waals surface area contributed by atoms with Gasteiger partial charge in [0.15, 0.2) is 0 Å². The van der Waals surface area contributed by atoms with Gasteiger partial charge in [0.2, 0.25) is 5.91 Å². The Morgan fingerprint density at radius 1 is 1.38 bits per heavy atom. The summed E-state index contributed by atoms with van der Waals surface area (Å²) >= 11 is 1.75. The maximum absolute atomic E-state index is 11.9. The number of nitrogens with zero attached hydrogens (tertiary/aromatic N) is 1. The molecule has 21 heavy (non-hydrogen) atoms. The number of nitrogens with one attached hydrogen (secondary N) is 1. The van der Waals surface area contributed by atoms with Crippen molar-refractivity contribution in [2.24, 2.45) is 5.92 Å². The highest BCUT2D eigenvalue weighted by molar-refractivity contribution is 7.99. The molecule has 1 amide bonds. The molecule has 0 aromatic heterocycles. The maximum atomic E-state index is 11.9. The number of piperidine rings is 1. The number of carbonyl (C=O) groups is 1. The summed E-state index contributed by atoms with van der Waals surface area (Å²) < 4.78 is 0. The average molecular weight is 308 g/mol. The molecule has 2 N–H and O–H groups in total. The van der Waals surface area contributed by atoms with Crippen LogP contribution in [-0.2, 0) is 4.79 Å². The van der Waals surface area contributed by atoms with E-state index in [1.807, 2.05) is 18.2 Å². The van der Waals surface area contributed by atoms with E-state index in [1.54, 1.807) is 11.8 Å². The van der Waals surface area contributed by atoms with Crippen molar-refractivity contribution in [3.8, 4) is 0 Å². The first-order valence-corrected chi connectivity index (χ1v) is 8.54. The Morgan fingerprint density at radius 2 is 2.19 bits per heavy atom. The largest absolute Gasteiger partial charge is 0.396 e. The fourth-order valence-corrected chi connectivity index (χ4v) is 3.37. The molecule has 0 saturated carbocycles. The second-order valence-electron chi connectivity index (χ2n) is 5.44. The molecular formula is C16H24N2O2S. The molecule has 1 saturated heterocycles. The predicted octanol–water partition coefficient (Wildman–Crippen LogP) is 1.60. The highest BCUT2D eigenvalue weighted by atomic mass is 32.2. The van der Waals surface area contributed by atoms with Crippen molar-refractivity contribution in [2.75, 3.05) is 38.5 Å². The average Bonchev–Trinajstić information content (AvgIpc) is 2.53. The molecule has 1 aromatic carbocycles. The van der Waals surface area contributed by atoms with Crippen LogP contribution in [0.5, 0.6) is 0 Å². The topological polar surface area (TPSA) is 52.6 Å². The van der Waals surface area contributed by atoms with Gasteiger partial charge in [-0.05, 0) is 37.4 Å². The van der Waals surface area contributed by atoms with E-state index >= 15 is 0 Å². The number of hydrogen-bond donors (Lipinski definition) is 2. The number of carbonyl (C=O) groups excluding carboxylic acids is 1. The summed E-state index contributed by atoms with van der Waals surface area (Å²) in [4.78, 5) is 15.3. The smallest absolute Gasteiger partial charge is 0.234 e. The third-order valence-corrected chi connectivity index (χ3v) is 4.68. The molecule has 0 aliphatic carbocycles. The van der Waals surface area contributed by atoms with Crippen molar-refractivity contribution in [3.63, 3.8) is 0 Å². The first-order valence-electron chi connectivity index (χ1n) is 7.55. The molecule has 0 spiro atoms. The highest BCUT2D eigenvalue weighted by Gasteiger charge is 2.20. The number of aliphatic hydroxyl groups excluding tert-OH is 1. The minimum Gasteiger partial charge on any atom is -0.396 e. The van der Waals surface area contributed by atoms with E-state index in [-0.39, 0.29) is 12.5 Å². The van der Waals surface area contributed by atoms with Gasteiger partial charge in [-0.3, -0.25) is 9.69 Å². The normalized spacial score (nSPS) is 19.4. The van der Waals surface area contributed by atoms with Gasteiger partial charge in [-0.1, -0.05) is 18.2 Å². The summed E-state index contributed by atoms with van der Waals surface area (Å²) in [5.74, 6) is 1.30. The first-order chi connectivity index (χ1) is 10.3. The van der Waals surface area contributed by atoms with Gasteiger partial charge in [0.05, 0.1) is 6.54 Å². The van der Waals surface area contributed by atoms with Gasteiger partial charge in [-0.25, -0.2) is 0 Å². The zero-order valence-electron chi connectivity index (χ0n) is 12.3. The molecule has 1 heterocycles. The second kappa shape index (κ2) is 9.07. The molecule has 1 fully saturated rings. The van der Waals surface area contributed by atoms with Gasteiger partial charge in [0.25, 0.3) is 0 Å². The zero-order chi connectivity index (χ0) is 14.9. The first kappa shape index (κ1) is 16.3. The van der Waals surface area contributed by atoms with E-state index in [2.05, 4.69) is 22.3 Å². The molecule has 0 radical (unpaired) electrons.